The van der Waals surface area contributed by atoms with Crippen molar-refractivity contribution in [2.75, 3.05) is 31.5 Å². The molecule has 1 atom stereocenters. The lowest BCUT2D eigenvalue weighted by atomic mass is 9.97. The van der Waals surface area contributed by atoms with Crippen LogP contribution in [0.1, 0.15) is 18.4 Å². The zero-order valence-electron chi connectivity index (χ0n) is 13.3. The van der Waals surface area contributed by atoms with Crippen molar-refractivity contribution in [3.05, 3.63) is 28.8 Å². The number of nitrogens with zero attached hydrogens (tertiary/aromatic N) is 1. The van der Waals surface area contributed by atoms with E-state index in [9.17, 15) is 9.59 Å². The lowest BCUT2D eigenvalue weighted by molar-refractivity contribution is -0.126. The molecule has 126 valence electrons. The second kappa shape index (κ2) is 8.17. The Morgan fingerprint density at radius 1 is 1.43 bits per heavy atom. The number of amides is 3. The van der Waals surface area contributed by atoms with Gasteiger partial charge in [0.2, 0.25) is 5.91 Å². The number of anilines is 1. The van der Waals surface area contributed by atoms with Crippen molar-refractivity contribution in [1.29, 1.82) is 0 Å². The predicted molar refractivity (Wildman–Crippen MR) is 91.6 cm³/mol. The van der Waals surface area contributed by atoms with Crippen molar-refractivity contribution in [2.24, 2.45) is 11.7 Å². The summed E-state index contributed by atoms with van der Waals surface area (Å²) in [6, 6.07) is 5.19. The van der Waals surface area contributed by atoms with Gasteiger partial charge in [0, 0.05) is 36.9 Å². The number of rotatable bonds is 4. The average Bonchev–Trinajstić information content (AvgIpc) is 2.56. The minimum atomic E-state index is -0.207. The molecule has 1 aliphatic rings. The van der Waals surface area contributed by atoms with Gasteiger partial charge in [-0.2, -0.15) is 0 Å². The van der Waals surface area contributed by atoms with Crippen LogP contribution in [0.15, 0.2) is 18.2 Å². The van der Waals surface area contributed by atoms with E-state index in [2.05, 4.69) is 10.6 Å². The summed E-state index contributed by atoms with van der Waals surface area (Å²) in [5.41, 5.74) is 7.00. The van der Waals surface area contributed by atoms with Gasteiger partial charge in [0.15, 0.2) is 0 Å². The largest absolute Gasteiger partial charge is 0.355 e. The lowest BCUT2D eigenvalue weighted by Crippen LogP contribution is -2.47. The van der Waals surface area contributed by atoms with E-state index >= 15 is 0 Å². The Bertz CT molecular complexity index is 579. The van der Waals surface area contributed by atoms with Crippen LogP contribution in [0.3, 0.4) is 0 Å². The van der Waals surface area contributed by atoms with Crippen LogP contribution in [0.2, 0.25) is 5.02 Å². The summed E-state index contributed by atoms with van der Waals surface area (Å²) in [4.78, 5) is 26.1. The van der Waals surface area contributed by atoms with Crippen LogP contribution in [0.4, 0.5) is 10.5 Å². The number of carbonyl (C=O) groups excluding carboxylic acids is 2. The molecule has 0 radical (unpaired) electrons. The van der Waals surface area contributed by atoms with Crippen molar-refractivity contribution < 1.29 is 9.59 Å². The molecule has 0 spiro atoms. The van der Waals surface area contributed by atoms with Crippen LogP contribution >= 0.6 is 11.6 Å². The number of hydrogen-bond donors (Lipinski definition) is 3. The maximum absolute atomic E-state index is 12.4. The van der Waals surface area contributed by atoms with E-state index in [-0.39, 0.29) is 17.9 Å². The molecule has 2 rings (SSSR count). The van der Waals surface area contributed by atoms with Crippen LogP contribution in [-0.4, -0.2) is 43.0 Å². The smallest absolute Gasteiger partial charge is 0.321 e. The molecule has 0 aliphatic carbocycles. The van der Waals surface area contributed by atoms with Crippen LogP contribution in [0.25, 0.3) is 0 Å². The number of benzene rings is 1. The molecule has 4 N–H and O–H groups in total. The van der Waals surface area contributed by atoms with Crippen molar-refractivity contribution in [1.82, 2.24) is 10.2 Å². The van der Waals surface area contributed by atoms with Crippen molar-refractivity contribution in [3.8, 4) is 0 Å². The first kappa shape index (κ1) is 17.6. The molecule has 7 heteroatoms. The van der Waals surface area contributed by atoms with Crippen molar-refractivity contribution >= 4 is 29.2 Å². The summed E-state index contributed by atoms with van der Waals surface area (Å²) >= 11 is 6.07. The maximum atomic E-state index is 12.4. The quantitative estimate of drug-likeness (QED) is 0.784. The first-order valence-electron chi connectivity index (χ1n) is 7.81. The van der Waals surface area contributed by atoms with E-state index in [1.807, 2.05) is 19.1 Å². The molecule has 1 fully saturated rings. The Morgan fingerprint density at radius 3 is 2.91 bits per heavy atom. The highest BCUT2D eigenvalue weighted by atomic mass is 35.5. The molecular formula is C16H23ClN4O2. The Hall–Kier alpha value is -1.79. The van der Waals surface area contributed by atoms with Crippen LogP contribution in [0, 0.1) is 12.8 Å². The van der Waals surface area contributed by atoms with Crippen LogP contribution < -0.4 is 16.4 Å². The van der Waals surface area contributed by atoms with Gasteiger partial charge in [0.25, 0.3) is 0 Å². The summed E-state index contributed by atoms with van der Waals surface area (Å²) in [5, 5.41) is 6.23. The molecule has 0 bridgehead atoms. The number of nitrogens with one attached hydrogen (secondary N) is 2. The molecule has 1 aliphatic heterocycles. The first-order chi connectivity index (χ1) is 11.0. The van der Waals surface area contributed by atoms with Gasteiger partial charge in [0.1, 0.15) is 0 Å². The van der Waals surface area contributed by atoms with Gasteiger partial charge < -0.3 is 21.3 Å². The fourth-order valence-corrected chi connectivity index (χ4v) is 2.77. The van der Waals surface area contributed by atoms with E-state index in [0.29, 0.717) is 36.9 Å². The van der Waals surface area contributed by atoms with Gasteiger partial charge in [-0.25, -0.2) is 4.79 Å². The fourth-order valence-electron chi connectivity index (χ4n) is 2.59. The number of urea groups is 1. The molecule has 0 aromatic heterocycles. The number of nitrogens with two attached hydrogens (primary N) is 1. The summed E-state index contributed by atoms with van der Waals surface area (Å²) < 4.78 is 0. The summed E-state index contributed by atoms with van der Waals surface area (Å²) in [6.45, 7) is 3.84. The molecule has 1 saturated heterocycles. The standard InChI is InChI=1S/C16H23ClN4O2/c1-11-4-5-13(9-14(11)17)20-16(23)21-8-2-3-12(10-21)15(22)19-7-6-18/h4-5,9,12H,2-3,6-8,10,18H2,1H3,(H,19,22)(H,20,23). The van der Waals surface area contributed by atoms with Gasteiger partial charge in [-0.15, -0.1) is 0 Å². The highest BCUT2D eigenvalue weighted by Crippen LogP contribution is 2.22. The number of likely N-dealkylation sites (tertiary alicyclic amines) is 1. The normalized spacial score (nSPS) is 17.7. The second-order valence-electron chi connectivity index (χ2n) is 5.76. The van der Waals surface area contributed by atoms with Gasteiger partial charge >= 0.3 is 6.03 Å². The maximum Gasteiger partial charge on any atom is 0.321 e. The third-order valence-electron chi connectivity index (χ3n) is 3.95. The summed E-state index contributed by atoms with van der Waals surface area (Å²) in [7, 11) is 0. The molecule has 23 heavy (non-hydrogen) atoms. The zero-order chi connectivity index (χ0) is 16.8. The molecule has 6 nitrogen and oxygen atoms in total. The Morgan fingerprint density at radius 2 is 2.22 bits per heavy atom. The molecular weight excluding hydrogens is 316 g/mol. The number of hydrogen-bond acceptors (Lipinski definition) is 3. The minimum absolute atomic E-state index is 0.0358. The van der Waals surface area contributed by atoms with Gasteiger partial charge in [-0.3, -0.25) is 4.79 Å². The van der Waals surface area contributed by atoms with E-state index in [4.69, 9.17) is 17.3 Å². The van der Waals surface area contributed by atoms with Gasteiger partial charge in [-0.1, -0.05) is 17.7 Å². The molecule has 1 unspecified atom stereocenters. The number of aryl methyl sites for hydroxylation is 1. The van der Waals surface area contributed by atoms with Gasteiger partial charge in [-0.05, 0) is 37.5 Å². The predicted octanol–water partition coefficient (Wildman–Crippen LogP) is 1.97. The Labute approximate surface area is 141 Å². The SMILES string of the molecule is Cc1ccc(NC(=O)N2CCCC(C(=O)NCCN)C2)cc1Cl. The second-order valence-corrected chi connectivity index (χ2v) is 6.17. The zero-order valence-corrected chi connectivity index (χ0v) is 14.0. The molecule has 1 aromatic rings. The fraction of sp³-hybridized carbons (Fsp3) is 0.500. The van der Waals surface area contributed by atoms with Crippen molar-refractivity contribution in [3.63, 3.8) is 0 Å². The monoisotopic (exact) mass is 338 g/mol. The molecule has 3 amide bonds. The van der Waals surface area contributed by atoms with E-state index in [0.717, 1.165) is 18.4 Å². The summed E-state index contributed by atoms with van der Waals surface area (Å²) in [6.07, 6.45) is 1.60. The van der Waals surface area contributed by atoms with Gasteiger partial charge in [0.05, 0.1) is 5.92 Å². The number of carbonyl (C=O) groups is 2. The van der Waals surface area contributed by atoms with E-state index in [1.54, 1.807) is 11.0 Å². The summed E-state index contributed by atoms with van der Waals surface area (Å²) in [5.74, 6) is -0.214. The van der Waals surface area contributed by atoms with Crippen LogP contribution in [-0.2, 0) is 4.79 Å². The van der Waals surface area contributed by atoms with Crippen LogP contribution in [0.5, 0.6) is 0 Å². The third kappa shape index (κ3) is 4.84. The minimum Gasteiger partial charge on any atom is -0.355 e. The highest BCUT2D eigenvalue weighted by molar-refractivity contribution is 6.31. The Balaban J connectivity index is 1.93. The average molecular weight is 339 g/mol. The Kier molecular flexibility index (Phi) is 6.24. The number of halogens is 1. The van der Waals surface area contributed by atoms with E-state index < -0.39 is 0 Å². The number of piperidine rings is 1. The topological polar surface area (TPSA) is 87.5 Å². The highest BCUT2D eigenvalue weighted by Gasteiger charge is 2.28. The third-order valence-corrected chi connectivity index (χ3v) is 4.35. The lowest BCUT2D eigenvalue weighted by Gasteiger charge is -2.32. The molecule has 1 aromatic carbocycles. The van der Waals surface area contributed by atoms with E-state index in [1.165, 1.54) is 0 Å². The first-order valence-corrected chi connectivity index (χ1v) is 8.19. The molecule has 0 saturated carbocycles. The van der Waals surface area contributed by atoms with Crippen molar-refractivity contribution in [2.45, 2.75) is 19.8 Å². The molecule has 1 heterocycles.